The quantitative estimate of drug-likeness (QED) is 0.467. The van der Waals surface area contributed by atoms with Crippen molar-refractivity contribution in [2.75, 3.05) is 0 Å². The monoisotopic (exact) mass is 517 g/mol. The third-order valence-corrected chi connectivity index (χ3v) is 13.5. The summed E-state index contributed by atoms with van der Waals surface area (Å²) < 4.78 is 7.87. The number of hydrogen-bond acceptors (Lipinski definition) is 6. The number of carbonyl (C=O) groups is 1. The lowest BCUT2D eigenvalue weighted by atomic mass is 9.34. The Morgan fingerprint density at radius 1 is 1.03 bits per heavy atom. The van der Waals surface area contributed by atoms with Crippen molar-refractivity contribution < 1.29 is 9.32 Å². The molecule has 2 aromatic heterocycles. The predicted molar refractivity (Wildman–Crippen MR) is 143 cm³/mol. The number of carbonyl (C=O) groups excluding carboxylic acids is 1. The number of nitrogens with zero attached hydrogens (tertiary/aromatic N) is 5. The van der Waals surface area contributed by atoms with Gasteiger partial charge < -0.3 is 4.52 Å². The zero-order valence-corrected chi connectivity index (χ0v) is 24.1. The first kappa shape index (κ1) is 24.7. The maximum absolute atomic E-state index is 14.7. The third-order valence-electron chi connectivity index (χ3n) is 13.5. The molecule has 7 heteroatoms. The normalized spacial score (nSPS) is 47.2. The van der Waals surface area contributed by atoms with E-state index in [1.807, 2.05) is 17.2 Å². The van der Waals surface area contributed by atoms with E-state index in [9.17, 15) is 4.79 Å². The van der Waals surface area contributed by atoms with Crippen LogP contribution in [0.4, 0.5) is 0 Å². The Hall–Kier alpha value is -2.31. The Morgan fingerprint density at radius 3 is 2.55 bits per heavy atom. The fourth-order valence-electron chi connectivity index (χ4n) is 11.2. The highest BCUT2D eigenvalue weighted by molar-refractivity contribution is 5.95. The number of aromatic nitrogens is 5. The molecule has 0 aromatic carbocycles. The zero-order chi connectivity index (χ0) is 26.9. The fourth-order valence-corrected chi connectivity index (χ4v) is 11.2. The van der Waals surface area contributed by atoms with Crippen molar-refractivity contribution in [3.63, 3.8) is 0 Å². The molecule has 0 amide bonds. The largest absolute Gasteiger partial charge is 0.361 e. The van der Waals surface area contributed by atoms with Gasteiger partial charge in [0, 0.05) is 16.9 Å². The summed E-state index contributed by atoms with van der Waals surface area (Å²) >= 11 is 0. The summed E-state index contributed by atoms with van der Waals surface area (Å²) in [5.41, 5.74) is 2.10. The average molecular weight is 518 g/mol. The molecule has 0 N–H and O–H groups in total. The van der Waals surface area contributed by atoms with Crippen molar-refractivity contribution in [1.82, 2.24) is 25.4 Å². The summed E-state index contributed by atoms with van der Waals surface area (Å²) in [6.45, 7) is 16.8. The minimum Gasteiger partial charge on any atom is -0.361 e. The van der Waals surface area contributed by atoms with E-state index >= 15 is 0 Å². The van der Waals surface area contributed by atoms with Gasteiger partial charge in [-0.05, 0) is 101 Å². The van der Waals surface area contributed by atoms with Gasteiger partial charge in [-0.3, -0.25) is 4.79 Å². The van der Waals surface area contributed by atoms with E-state index in [0.29, 0.717) is 23.5 Å². The number of hydrogen-bond donors (Lipinski definition) is 0. The van der Waals surface area contributed by atoms with Crippen molar-refractivity contribution in [2.45, 2.75) is 104 Å². The number of fused-ring (bicyclic) bond motifs is 8. The van der Waals surface area contributed by atoms with Crippen LogP contribution in [0.1, 0.15) is 98.3 Å². The molecule has 5 aliphatic carbocycles. The smallest absolute Gasteiger partial charge is 0.159 e. The lowest BCUT2D eigenvalue weighted by Crippen LogP contribution is -2.67. The molecule has 3 saturated carbocycles. The maximum atomic E-state index is 14.7. The van der Waals surface area contributed by atoms with Crippen LogP contribution in [0.3, 0.4) is 0 Å². The summed E-state index contributed by atoms with van der Waals surface area (Å²) in [7, 11) is 0. The van der Waals surface area contributed by atoms with Crippen LogP contribution in [0.2, 0.25) is 0 Å². The molecular formula is C31H43N5O2. The first-order chi connectivity index (χ1) is 17.9. The fraction of sp³-hybridized carbons (Fsp3) is 0.774. The first-order valence-corrected chi connectivity index (χ1v) is 14.8. The first-order valence-electron chi connectivity index (χ1n) is 14.8. The van der Waals surface area contributed by atoms with E-state index in [1.165, 1.54) is 11.1 Å². The molecule has 0 bridgehead atoms. The number of tetrazole rings is 1. The number of allylic oxidation sites excluding steroid dienone is 2. The van der Waals surface area contributed by atoms with Crippen LogP contribution in [0.15, 0.2) is 28.7 Å². The molecule has 38 heavy (non-hydrogen) atoms. The van der Waals surface area contributed by atoms with Gasteiger partial charge in [0.25, 0.3) is 0 Å². The second kappa shape index (κ2) is 7.45. The molecule has 0 radical (unpaired) electrons. The summed E-state index contributed by atoms with van der Waals surface area (Å²) in [6, 6.07) is 0. The van der Waals surface area contributed by atoms with Gasteiger partial charge in [0.05, 0.1) is 11.7 Å². The summed E-state index contributed by atoms with van der Waals surface area (Å²) in [6.07, 6.45) is 13.3. The van der Waals surface area contributed by atoms with E-state index in [1.54, 1.807) is 0 Å². The van der Waals surface area contributed by atoms with Crippen molar-refractivity contribution in [1.29, 1.82) is 0 Å². The summed E-state index contributed by atoms with van der Waals surface area (Å²) in [4.78, 5) is 14.7. The molecule has 204 valence electrons. The van der Waals surface area contributed by atoms with E-state index in [0.717, 1.165) is 50.7 Å². The molecule has 7 nitrogen and oxygen atoms in total. The van der Waals surface area contributed by atoms with E-state index in [4.69, 9.17) is 4.52 Å². The van der Waals surface area contributed by atoms with Crippen LogP contribution in [0, 0.1) is 45.8 Å². The van der Waals surface area contributed by atoms with Crippen molar-refractivity contribution >= 4 is 5.78 Å². The second-order valence-corrected chi connectivity index (χ2v) is 15.0. The van der Waals surface area contributed by atoms with Gasteiger partial charge in [-0.15, -0.1) is 5.10 Å². The molecule has 7 rings (SSSR count). The number of ketones is 1. The minimum absolute atomic E-state index is 0.0187. The summed E-state index contributed by atoms with van der Waals surface area (Å²) in [5.74, 6) is 3.03. The van der Waals surface area contributed by atoms with Crippen LogP contribution in [-0.2, 0) is 22.2 Å². The molecular weight excluding hydrogens is 474 g/mol. The van der Waals surface area contributed by atoms with Gasteiger partial charge in [-0.2, -0.15) is 0 Å². The Morgan fingerprint density at radius 2 is 1.82 bits per heavy atom. The predicted octanol–water partition coefficient (Wildman–Crippen LogP) is 5.92. The topological polar surface area (TPSA) is 86.7 Å². The van der Waals surface area contributed by atoms with Gasteiger partial charge in [-0.25, -0.2) is 4.68 Å². The van der Waals surface area contributed by atoms with Gasteiger partial charge in [0.1, 0.15) is 12.1 Å². The third kappa shape index (κ3) is 2.69. The van der Waals surface area contributed by atoms with Gasteiger partial charge in [0.2, 0.25) is 0 Å². The Kier molecular flexibility index (Phi) is 4.85. The number of rotatable bonds is 1. The van der Waals surface area contributed by atoms with Crippen molar-refractivity contribution in [3.05, 3.63) is 35.5 Å². The molecule has 0 aliphatic heterocycles. The average Bonchev–Trinajstić information content (AvgIpc) is 3.56. The van der Waals surface area contributed by atoms with Crippen LogP contribution >= 0.6 is 0 Å². The van der Waals surface area contributed by atoms with Gasteiger partial charge in [0.15, 0.2) is 5.78 Å². The lowest BCUT2D eigenvalue weighted by Gasteiger charge is -2.69. The second-order valence-electron chi connectivity index (χ2n) is 15.0. The van der Waals surface area contributed by atoms with Crippen molar-refractivity contribution in [3.8, 4) is 0 Å². The molecule has 0 spiro atoms. The van der Waals surface area contributed by atoms with Crippen LogP contribution in [-0.4, -0.2) is 31.1 Å². The standard InChI is InChI=1S/C31H43N5O2/c1-18-8-11-31(36-17-32-34-35-36)13-12-30(7)25(24(31)19(18)2)21(37)14-23-28(5)15-20-16-33-38-26(20)27(3,4)22(28)9-10-29(23,30)6/h14,16-19,22,24-25H,8-13,15H2,1-7H3/t18-,19+,22+,24+,25-,28+,29-,30-,31+/m1/s1. The van der Waals surface area contributed by atoms with Crippen LogP contribution in [0.25, 0.3) is 0 Å². The molecule has 3 fully saturated rings. The molecule has 9 atom stereocenters. The Balaban J connectivity index is 1.40. The molecule has 2 aromatic rings. The van der Waals surface area contributed by atoms with E-state index in [-0.39, 0.29) is 39.0 Å². The highest BCUT2D eigenvalue weighted by atomic mass is 16.5. The molecule has 0 saturated heterocycles. The van der Waals surface area contributed by atoms with Gasteiger partial charge >= 0.3 is 0 Å². The minimum atomic E-state index is -0.178. The zero-order valence-electron chi connectivity index (χ0n) is 24.1. The van der Waals surface area contributed by atoms with Crippen LogP contribution in [0.5, 0.6) is 0 Å². The Bertz CT molecular complexity index is 1330. The maximum Gasteiger partial charge on any atom is 0.159 e. The van der Waals surface area contributed by atoms with Crippen LogP contribution < -0.4 is 0 Å². The molecule has 0 unspecified atom stereocenters. The van der Waals surface area contributed by atoms with E-state index < -0.39 is 0 Å². The van der Waals surface area contributed by atoms with Crippen molar-refractivity contribution in [2.24, 2.45) is 45.8 Å². The lowest BCUT2D eigenvalue weighted by molar-refractivity contribution is -0.175. The highest BCUT2D eigenvalue weighted by Gasteiger charge is 2.70. The highest BCUT2D eigenvalue weighted by Crippen LogP contribution is 2.74. The van der Waals surface area contributed by atoms with E-state index in [2.05, 4.69) is 75.2 Å². The Labute approximate surface area is 226 Å². The van der Waals surface area contributed by atoms with Gasteiger partial charge in [-0.1, -0.05) is 59.2 Å². The summed E-state index contributed by atoms with van der Waals surface area (Å²) in [5, 5.41) is 16.8. The SMILES string of the molecule is C[C@@H]1[C@H]2[C@H]3C(=O)C=C4[C@@]5(C)Cc6cnoc6C(C)(C)[C@@H]5CC[C@@]4(C)[C@]3(C)CC[C@@]2(n2cnnn2)CC[C@H]1C. The molecule has 5 aliphatic rings. The molecule has 2 heterocycles.